The van der Waals surface area contributed by atoms with Crippen LogP contribution in [0.25, 0.3) is 0 Å². The molecule has 1 nitrogen and oxygen atoms in total. The third-order valence-electron chi connectivity index (χ3n) is 3.88. The molecule has 0 spiro atoms. The van der Waals surface area contributed by atoms with Crippen LogP contribution in [0.4, 0.5) is 0 Å². The summed E-state index contributed by atoms with van der Waals surface area (Å²) in [7, 11) is 0. The van der Waals surface area contributed by atoms with Crippen molar-refractivity contribution in [2.45, 2.75) is 85.1 Å². The maximum atomic E-state index is 3.75. The molecule has 1 N–H and O–H groups in total. The number of rotatable bonds is 11. The fourth-order valence-corrected chi connectivity index (χ4v) is 3.92. The van der Waals surface area contributed by atoms with Crippen molar-refractivity contribution >= 4 is 11.3 Å². The standard InChI is InChI=1S/C18H33NS/c1-5-7-8-9-10-11-12-17(19-13-6-2)18-15(3)14-16(4)20-18/h14,17,19H,5-13H2,1-4H3. The highest BCUT2D eigenvalue weighted by Gasteiger charge is 2.15. The fourth-order valence-electron chi connectivity index (χ4n) is 2.78. The van der Waals surface area contributed by atoms with E-state index in [0.717, 1.165) is 6.54 Å². The first-order chi connectivity index (χ1) is 9.69. The van der Waals surface area contributed by atoms with Gasteiger partial charge in [0.2, 0.25) is 0 Å². The molecule has 0 aliphatic carbocycles. The maximum absolute atomic E-state index is 3.75. The van der Waals surface area contributed by atoms with Gasteiger partial charge in [0.05, 0.1) is 0 Å². The Hall–Kier alpha value is -0.340. The molecule has 1 aromatic rings. The van der Waals surface area contributed by atoms with Crippen molar-refractivity contribution < 1.29 is 0 Å². The van der Waals surface area contributed by atoms with Gasteiger partial charge in [0, 0.05) is 15.8 Å². The van der Waals surface area contributed by atoms with Gasteiger partial charge in [0.1, 0.15) is 0 Å². The summed E-state index contributed by atoms with van der Waals surface area (Å²) in [6, 6.07) is 2.92. The highest BCUT2D eigenvalue weighted by Crippen LogP contribution is 2.30. The predicted molar refractivity (Wildman–Crippen MR) is 92.8 cm³/mol. The molecule has 2 heteroatoms. The van der Waals surface area contributed by atoms with Crippen molar-refractivity contribution in [3.8, 4) is 0 Å². The molecule has 0 aromatic carbocycles. The minimum absolute atomic E-state index is 0.583. The van der Waals surface area contributed by atoms with Crippen molar-refractivity contribution in [2.24, 2.45) is 0 Å². The molecule has 0 aliphatic rings. The minimum Gasteiger partial charge on any atom is -0.309 e. The van der Waals surface area contributed by atoms with Crippen LogP contribution in [-0.2, 0) is 0 Å². The lowest BCUT2D eigenvalue weighted by atomic mass is 10.0. The highest BCUT2D eigenvalue weighted by molar-refractivity contribution is 7.12. The van der Waals surface area contributed by atoms with Crippen molar-refractivity contribution in [3.63, 3.8) is 0 Å². The summed E-state index contributed by atoms with van der Waals surface area (Å²) >= 11 is 1.98. The number of hydrogen-bond acceptors (Lipinski definition) is 2. The maximum Gasteiger partial charge on any atom is 0.0417 e. The van der Waals surface area contributed by atoms with Gasteiger partial charge in [-0.1, -0.05) is 52.4 Å². The molecule has 20 heavy (non-hydrogen) atoms. The first kappa shape index (κ1) is 17.7. The van der Waals surface area contributed by atoms with Gasteiger partial charge < -0.3 is 5.32 Å². The highest BCUT2D eigenvalue weighted by atomic mass is 32.1. The zero-order chi connectivity index (χ0) is 14.8. The summed E-state index contributed by atoms with van der Waals surface area (Å²) in [6.07, 6.45) is 10.9. The fraction of sp³-hybridized carbons (Fsp3) is 0.778. The summed E-state index contributed by atoms with van der Waals surface area (Å²) in [5.74, 6) is 0. The van der Waals surface area contributed by atoms with E-state index in [1.165, 1.54) is 61.8 Å². The van der Waals surface area contributed by atoms with E-state index in [9.17, 15) is 0 Å². The molecule has 0 aliphatic heterocycles. The van der Waals surface area contributed by atoms with Crippen LogP contribution in [0.1, 0.15) is 86.6 Å². The number of hydrogen-bond donors (Lipinski definition) is 1. The Morgan fingerprint density at radius 2 is 1.70 bits per heavy atom. The monoisotopic (exact) mass is 295 g/mol. The van der Waals surface area contributed by atoms with Gasteiger partial charge in [-0.2, -0.15) is 0 Å². The van der Waals surface area contributed by atoms with E-state index in [1.54, 1.807) is 4.88 Å². The first-order valence-corrected chi connectivity index (χ1v) is 9.31. The molecule has 1 rings (SSSR count). The van der Waals surface area contributed by atoms with Crippen molar-refractivity contribution in [3.05, 3.63) is 21.4 Å². The van der Waals surface area contributed by atoms with Gasteiger partial charge in [0.25, 0.3) is 0 Å². The Morgan fingerprint density at radius 3 is 2.30 bits per heavy atom. The second kappa shape index (κ2) is 10.4. The Labute approximate surface area is 130 Å². The zero-order valence-corrected chi connectivity index (χ0v) is 14.7. The molecule has 0 fully saturated rings. The quantitative estimate of drug-likeness (QED) is 0.482. The summed E-state index contributed by atoms with van der Waals surface area (Å²) in [4.78, 5) is 3.02. The molecular formula is C18H33NS. The predicted octanol–water partition coefficient (Wildman–Crippen LogP) is 6.16. The van der Waals surface area contributed by atoms with Crippen molar-refractivity contribution in [2.75, 3.05) is 6.54 Å². The molecule has 1 atom stereocenters. The average Bonchev–Trinajstić information content (AvgIpc) is 2.76. The molecule has 0 radical (unpaired) electrons. The van der Waals surface area contributed by atoms with E-state index in [-0.39, 0.29) is 0 Å². The van der Waals surface area contributed by atoms with Gasteiger partial charge in [-0.15, -0.1) is 11.3 Å². The van der Waals surface area contributed by atoms with Gasteiger partial charge in [-0.25, -0.2) is 0 Å². The molecule has 0 saturated carbocycles. The molecule has 0 saturated heterocycles. The van der Waals surface area contributed by atoms with E-state index >= 15 is 0 Å². The van der Waals surface area contributed by atoms with Gasteiger partial charge >= 0.3 is 0 Å². The lowest BCUT2D eigenvalue weighted by molar-refractivity contribution is 0.470. The van der Waals surface area contributed by atoms with Crippen LogP contribution in [-0.4, -0.2) is 6.54 Å². The number of nitrogens with one attached hydrogen (secondary N) is 1. The van der Waals surface area contributed by atoms with Crippen LogP contribution in [0.15, 0.2) is 6.07 Å². The third-order valence-corrected chi connectivity index (χ3v) is 5.15. The Bertz CT molecular complexity index is 356. The Morgan fingerprint density at radius 1 is 1.00 bits per heavy atom. The summed E-state index contributed by atoms with van der Waals surface area (Å²) in [5.41, 5.74) is 1.48. The first-order valence-electron chi connectivity index (χ1n) is 8.49. The van der Waals surface area contributed by atoms with Crippen LogP contribution in [0.2, 0.25) is 0 Å². The second-order valence-corrected chi connectivity index (χ2v) is 7.26. The Kier molecular flexibility index (Phi) is 9.21. The van der Waals surface area contributed by atoms with Crippen LogP contribution >= 0.6 is 11.3 Å². The smallest absolute Gasteiger partial charge is 0.0417 e. The normalized spacial score (nSPS) is 12.8. The average molecular weight is 296 g/mol. The molecule has 0 amide bonds. The molecule has 0 bridgehead atoms. The lowest BCUT2D eigenvalue weighted by Crippen LogP contribution is -2.21. The third kappa shape index (κ3) is 6.41. The SMILES string of the molecule is CCCCCCCCC(NCCC)c1sc(C)cc1C. The summed E-state index contributed by atoms with van der Waals surface area (Å²) < 4.78 is 0. The van der Waals surface area contributed by atoms with Crippen LogP contribution in [0, 0.1) is 13.8 Å². The summed E-state index contributed by atoms with van der Waals surface area (Å²) in [5, 5.41) is 3.75. The number of unbranched alkanes of at least 4 members (excludes halogenated alkanes) is 5. The van der Waals surface area contributed by atoms with Crippen LogP contribution < -0.4 is 5.32 Å². The van der Waals surface area contributed by atoms with Crippen molar-refractivity contribution in [1.29, 1.82) is 0 Å². The molecule has 116 valence electrons. The van der Waals surface area contributed by atoms with Gasteiger partial charge in [0.15, 0.2) is 0 Å². The van der Waals surface area contributed by atoms with Crippen LogP contribution in [0.5, 0.6) is 0 Å². The van der Waals surface area contributed by atoms with Crippen molar-refractivity contribution in [1.82, 2.24) is 5.32 Å². The van der Waals surface area contributed by atoms with E-state index in [4.69, 9.17) is 0 Å². The summed E-state index contributed by atoms with van der Waals surface area (Å²) in [6.45, 7) is 10.2. The van der Waals surface area contributed by atoms with Gasteiger partial charge in [-0.3, -0.25) is 0 Å². The number of aryl methyl sites for hydroxylation is 2. The minimum atomic E-state index is 0.583. The molecular weight excluding hydrogens is 262 g/mol. The van der Waals surface area contributed by atoms with Crippen LogP contribution in [0.3, 0.4) is 0 Å². The van der Waals surface area contributed by atoms with E-state index in [0.29, 0.717) is 6.04 Å². The van der Waals surface area contributed by atoms with E-state index in [2.05, 4.69) is 39.1 Å². The topological polar surface area (TPSA) is 12.0 Å². The number of thiophene rings is 1. The second-order valence-electron chi connectivity index (χ2n) is 5.97. The zero-order valence-electron chi connectivity index (χ0n) is 13.9. The molecule has 1 aromatic heterocycles. The van der Waals surface area contributed by atoms with E-state index < -0.39 is 0 Å². The molecule has 1 heterocycles. The lowest BCUT2D eigenvalue weighted by Gasteiger charge is -2.18. The Balaban J connectivity index is 2.42. The van der Waals surface area contributed by atoms with E-state index in [1.807, 2.05) is 11.3 Å². The van der Waals surface area contributed by atoms with Gasteiger partial charge in [-0.05, 0) is 44.9 Å². The largest absolute Gasteiger partial charge is 0.309 e. The molecule has 1 unspecified atom stereocenters.